The molecule has 10 N–H and O–H groups in total. The first-order valence-corrected chi connectivity index (χ1v) is 12.5. The molecule has 0 spiro atoms. The highest BCUT2D eigenvalue weighted by Gasteiger charge is 2.31. The molecule has 3 aromatic rings. The molecular weight excluding hydrogens is 522 g/mol. The summed E-state index contributed by atoms with van der Waals surface area (Å²) in [5.74, 6) is -3.96. The van der Waals surface area contributed by atoms with Crippen molar-refractivity contribution in [1.29, 1.82) is 0 Å². The van der Waals surface area contributed by atoms with Gasteiger partial charge in [-0.1, -0.05) is 30.3 Å². The van der Waals surface area contributed by atoms with Crippen molar-refractivity contribution in [3.05, 3.63) is 65.9 Å². The number of hydrogen-bond donors (Lipinski definition) is 9. The predicted octanol–water partition coefficient (Wildman–Crippen LogP) is -1.10. The fourth-order valence-corrected chi connectivity index (χ4v) is 4.02. The topological polar surface area (TPSA) is 227 Å². The van der Waals surface area contributed by atoms with Crippen LogP contribution in [-0.4, -0.2) is 86.0 Å². The number of amides is 3. The Labute approximate surface area is 229 Å². The molecule has 0 saturated heterocycles. The Balaban J connectivity index is 1.76. The monoisotopic (exact) mass is 555 g/mol. The van der Waals surface area contributed by atoms with Crippen molar-refractivity contribution in [3.63, 3.8) is 0 Å². The zero-order valence-corrected chi connectivity index (χ0v) is 21.7. The molecule has 13 heteroatoms. The van der Waals surface area contributed by atoms with Crippen molar-refractivity contribution in [2.24, 2.45) is 5.73 Å². The molecule has 0 aliphatic carbocycles. The van der Waals surface area contributed by atoms with Gasteiger partial charge in [0.2, 0.25) is 17.7 Å². The molecule has 13 nitrogen and oxygen atoms in total. The van der Waals surface area contributed by atoms with Crippen LogP contribution in [0.1, 0.15) is 18.1 Å². The van der Waals surface area contributed by atoms with Gasteiger partial charge in [-0.2, -0.15) is 0 Å². The zero-order chi connectivity index (χ0) is 29.4. The van der Waals surface area contributed by atoms with Gasteiger partial charge < -0.3 is 47.1 Å². The van der Waals surface area contributed by atoms with E-state index in [1.165, 1.54) is 31.2 Å². The second-order valence-corrected chi connectivity index (χ2v) is 9.40. The standard InChI is InChI=1S/C27H33N5O8/c1-14(34)23(28)26(38)30-20(11-16-12-29-19-5-3-2-4-18(16)19)24(36)32-22(13-33)25(37)31-21(27(39)40)10-15-6-8-17(35)9-7-15/h2-9,12,14,20-23,29,33-35H,10-11,13,28H2,1H3,(H,30,38)(H,31,37)(H,32,36)(H,39,40). The van der Waals surface area contributed by atoms with E-state index in [4.69, 9.17) is 5.73 Å². The van der Waals surface area contributed by atoms with Crippen LogP contribution in [0.15, 0.2) is 54.7 Å². The lowest BCUT2D eigenvalue weighted by atomic mass is 10.0. The largest absolute Gasteiger partial charge is 0.508 e. The average molecular weight is 556 g/mol. The highest BCUT2D eigenvalue weighted by atomic mass is 16.4. The highest BCUT2D eigenvalue weighted by molar-refractivity contribution is 5.95. The van der Waals surface area contributed by atoms with Crippen LogP contribution < -0.4 is 21.7 Å². The van der Waals surface area contributed by atoms with E-state index in [2.05, 4.69) is 20.9 Å². The van der Waals surface area contributed by atoms with E-state index < -0.39 is 60.6 Å². The predicted molar refractivity (Wildman–Crippen MR) is 144 cm³/mol. The fourth-order valence-electron chi connectivity index (χ4n) is 4.02. The molecule has 3 rings (SSSR count). The van der Waals surface area contributed by atoms with Crippen molar-refractivity contribution in [3.8, 4) is 5.75 Å². The summed E-state index contributed by atoms with van der Waals surface area (Å²) in [5.41, 5.74) is 7.72. The summed E-state index contributed by atoms with van der Waals surface area (Å²) in [6.07, 6.45) is 0.327. The van der Waals surface area contributed by atoms with E-state index in [0.29, 0.717) is 11.1 Å². The van der Waals surface area contributed by atoms with Crippen LogP contribution in [0.3, 0.4) is 0 Å². The van der Waals surface area contributed by atoms with E-state index in [0.717, 1.165) is 10.9 Å². The molecule has 0 fully saturated rings. The molecule has 5 atom stereocenters. The van der Waals surface area contributed by atoms with Gasteiger partial charge in [-0.05, 0) is 36.2 Å². The van der Waals surface area contributed by atoms with Gasteiger partial charge in [-0.15, -0.1) is 0 Å². The second kappa shape index (κ2) is 13.6. The van der Waals surface area contributed by atoms with Crippen molar-refractivity contribution in [2.45, 2.75) is 50.0 Å². The minimum atomic E-state index is -1.54. The maximum Gasteiger partial charge on any atom is 0.326 e. The van der Waals surface area contributed by atoms with Crippen molar-refractivity contribution < 1.29 is 39.6 Å². The number of benzene rings is 2. The van der Waals surface area contributed by atoms with Gasteiger partial charge in [0.1, 0.15) is 29.9 Å². The Hall–Kier alpha value is -4.46. The number of fused-ring (bicyclic) bond motifs is 1. The summed E-state index contributed by atoms with van der Waals surface area (Å²) >= 11 is 0. The SMILES string of the molecule is CC(O)C(N)C(=O)NC(Cc1c[nH]c2ccccc12)C(=O)NC(CO)C(=O)NC(Cc1ccc(O)cc1)C(=O)O. The molecular formula is C27H33N5O8. The van der Waals surface area contributed by atoms with E-state index in [9.17, 15) is 39.6 Å². The summed E-state index contributed by atoms with van der Waals surface area (Å²) in [6.45, 7) is 0.464. The maximum absolute atomic E-state index is 13.3. The van der Waals surface area contributed by atoms with E-state index in [1.54, 1.807) is 12.3 Å². The molecule has 0 aliphatic heterocycles. The number of carboxylic acid groups (broad SMARTS) is 1. The van der Waals surface area contributed by atoms with Gasteiger partial charge in [-0.25, -0.2) is 4.79 Å². The molecule has 40 heavy (non-hydrogen) atoms. The second-order valence-electron chi connectivity index (χ2n) is 9.40. The number of aromatic amines is 1. The Morgan fingerprint density at radius 3 is 2.10 bits per heavy atom. The number of hydrogen-bond acceptors (Lipinski definition) is 8. The van der Waals surface area contributed by atoms with Crippen LogP contribution in [0.4, 0.5) is 0 Å². The summed E-state index contributed by atoms with van der Waals surface area (Å²) in [7, 11) is 0. The van der Waals surface area contributed by atoms with Crippen LogP contribution in [0.25, 0.3) is 10.9 Å². The smallest absolute Gasteiger partial charge is 0.326 e. The van der Waals surface area contributed by atoms with Crippen LogP contribution in [0, 0.1) is 0 Å². The first kappa shape index (κ1) is 30.1. The van der Waals surface area contributed by atoms with Crippen molar-refractivity contribution in [2.75, 3.05) is 6.61 Å². The normalized spacial score (nSPS) is 14.9. The molecule has 5 unspecified atom stereocenters. The number of phenols is 1. The third-order valence-corrected chi connectivity index (χ3v) is 6.36. The Bertz CT molecular complexity index is 1340. The molecule has 1 heterocycles. The Morgan fingerprint density at radius 2 is 1.48 bits per heavy atom. The van der Waals surface area contributed by atoms with Crippen LogP contribution in [-0.2, 0) is 32.0 Å². The molecule has 0 bridgehead atoms. The van der Waals surface area contributed by atoms with Crippen molar-refractivity contribution >= 4 is 34.6 Å². The van der Waals surface area contributed by atoms with Gasteiger partial charge in [0, 0.05) is 29.9 Å². The summed E-state index contributed by atoms with van der Waals surface area (Å²) in [4.78, 5) is 53.6. The molecule has 0 saturated carbocycles. The number of para-hydroxylation sites is 1. The zero-order valence-electron chi connectivity index (χ0n) is 21.7. The number of aliphatic hydroxyl groups excluding tert-OH is 2. The summed E-state index contributed by atoms with van der Waals surface area (Å²) in [6, 6.07) is 7.51. The Morgan fingerprint density at radius 1 is 0.875 bits per heavy atom. The first-order chi connectivity index (χ1) is 19.0. The average Bonchev–Trinajstić information content (AvgIpc) is 3.33. The van der Waals surface area contributed by atoms with Crippen molar-refractivity contribution in [1.82, 2.24) is 20.9 Å². The van der Waals surface area contributed by atoms with Gasteiger partial charge in [0.15, 0.2) is 0 Å². The molecule has 1 aromatic heterocycles. The number of aromatic nitrogens is 1. The first-order valence-electron chi connectivity index (χ1n) is 12.5. The number of nitrogens with two attached hydrogens (primary N) is 1. The minimum Gasteiger partial charge on any atom is -0.508 e. The number of H-pyrrole nitrogens is 1. The lowest BCUT2D eigenvalue weighted by molar-refractivity contribution is -0.142. The minimum absolute atomic E-state index is 0.00796. The van der Waals surface area contributed by atoms with Gasteiger partial charge in [0.25, 0.3) is 0 Å². The van der Waals surface area contributed by atoms with E-state index >= 15 is 0 Å². The quantitative estimate of drug-likeness (QED) is 0.124. The molecule has 0 radical (unpaired) electrons. The number of nitrogens with one attached hydrogen (secondary N) is 4. The van der Waals surface area contributed by atoms with Crippen LogP contribution in [0.5, 0.6) is 5.75 Å². The fraction of sp³-hybridized carbons (Fsp3) is 0.333. The Kier molecular flexibility index (Phi) is 10.2. The summed E-state index contributed by atoms with van der Waals surface area (Å²) < 4.78 is 0. The lowest BCUT2D eigenvalue weighted by Gasteiger charge is -2.25. The number of aromatic hydroxyl groups is 1. The molecule has 2 aromatic carbocycles. The highest BCUT2D eigenvalue weighted by Crippen LogP contribution is 2.19. The number of rotatable bonds is 13. The number of phenolic OH excluding ortho intramolecular Hbond substituents is 1. The maximum atomic E-state index is 13.3. The number of aliphatic carboxylic acids is 1. The number of carbonyl (C=O) groups is 4. The summed E-state index contributed by atoms with van der Waals surface area (Å²) in [5, 5.41) is 46.5. The lowest BCUT2D eigenvalue weighted by Crippen LogP contribution is -2.59. The molecule has 3 amide bonds. The van der Waals surface area contributed by atoms with Crippen LogP contribution >= 0.6 is 0 Å². The van der Waals surface area contributed by atoms with Gasteiger partial charge in [0.05, 0.1) is 12.7 Å². The molecule has 214 valence electrons. The molecule has 0 aliphatic rings. The third kappa shape index (κ3) is 7.79. The number of carbonyl (C=O) groups excluding carboxylic acids is 3. The van der Waals surface area contributed by atoms with Gasteiger partial charge >= 0.3 is 5.97 Å². The van der Waals surface area contributed by atoms with Gasteiger partial charge in [-0.3, -0.25) is 14.4 Å². The number of aliphatic hydroxyl groups is 2. The van der Waals surface area contributed by atoms with E-state index in [1.807, 2.05) is 18.2 Å². The van der Waals surface area contributed by atoms with E-state index in [-0.39, 0.29) is 18.6 Å². The van der Waals surface area contributed by atoms with Crippen LogP contribution in [0.2, 0.25) is 0 Å². The third-order valence-electron chi connectivity index (χ3n) is 6.36. The number of carboxylic acids is 1.